The smallest absolute Gasteiger partial charge is 0.286 e. The van der Waals surface area contributed by atoms with Gasteiger partial charge in [-0.1, -0.05) is 11.8 Å². The van der Waals surface area contributed by atoms with Crippen LogP contribution in [-0.4, -0.2) is 31.8 Å². The van der Waals surface area contributed by atoms with Gasteiger partial charge in [-0.3, -0.25) is 14.6 Å². The predicted octanol–water partition coefficient (Wildman–Crippen LogP) is 3.32. The van der Waals surface area contributed by atoms with Gasteiger partial charge < -0.3 is 9.88 Å². The van der Waals surface area contributed by atoms with E-state index in [1.165, 1.54) is 11.8 Å². The first kappa shape index (κ1) is 21.3. The van der Waals surface area contributed by atoms with E-state index in [1.54, 1.807) is 24.5 Å². The molecule has 1 N–H and O–H groups in total. The number of halogens is 4. The van der Waals surface area contributed by atoms with E-state index in [4.69, 9.17) is 11.6 Å². The zero-order chi connectivity index (χ0) is 21.0. The van der Waals surface area contributed by atoms with Crippen molar-refractivity contribution < 1.29 is 18.0 Å². The average Bonchev–Trinajstić information content (AvgIpc) is 3.05. The second-order valence-corrected chi connectivity index (χ2v) is 8.32. The number of alkyl halides is 3. The van der Waals surface area contributed by atoms with Crippen molar-refractivity contribution in [3.05, 3.63) is 58.5 Å². The van der Waals surface area contributed by atoms with Crippen molar-refractivity contribution in [1.29, 1.82) is 0 Å². The predicted molar refractivity (Wildman–Crippen MR) is 106 cm³/mol. The van der Waals surface area contributed by atoms with Gasteiger partial charge >= 0.3 is 0 Å². The lowest BCUT2D eigenvalue weighted by Crippen LogP contribution is -2.28. The number of hydrogen-bond donors (Lipinski definition) is 1. The zero-order valence-electron chi connectivity index (χ0n) is 14.8. The average molecular weight is 442 g/mol. The van der Waals surface area contributed by atoms with E-state index >= 15 is 0 Å². The Morgan fingerprint density at radius 1 is 1.41 bits per heavy atom. The molecule has 10 heteroatoms. The molecule has 152 valence electrons. The van der Waals surface area contributed by atoms with Crippen molar-refractivity contribution >= 4 is 35.0 Å². The monoisotopic (exact) mass is 441 g/mol. The van der Waals surface area contributed by atoms with E-state index < -0.39 is 40.2 Å². The number of carbonyl (C=O) groups excluding carboxylic acids is 1. The quantitative estimate of drug-likeness (QED) is 0.584. The molecule has 3 atom stereocenters. The number of carbonyl (C=O) groups is 1. The van der Waals surface area contributed by atoms with Crippen molar-refractivity contribution in [1.82, 2.24) is 9.55 Å². The zero-order valence-corrected chi connectivity index (χ0v) is 16.4. The van der Waals surface area contributed by atoms with E-state index in [9.17, 15) is 22.8 Å². The summed E-state index contributed by atoms with van der Waals surface area (Å²) in [6.07, 6.45) is 1.78. The Morgan fingerprint density at radius 3 is 2.83 bits per heavy atom. The number of thioether (sulfide) groups is 1. The molecule has 1 aliphatic rings. The van der Waals surface area contributed by atoms with Crippen LogP contribution in [0.4, 0.5) is 18.9 Å². The van der Waals surface area contributed by atoms with Crippen molar-refractivity contribution in [2.24, 2.45) is 5.92 Å². The van der Waals surface area contributed by atoms with Crippen molar-refractivity contribution in [3.63, 3.8) is 0 Å². The summed E-state index contributed by atoms with van der Waals surface area (Å²) >= 11 is 7.51. The summed E-state index contributed by atoms with van der Waals surface area (Å²) in [7, 11) is 0. The van der Waals surface area contributed by atoms with E-state index in [0.717, 1.165) is 17.8 Å². The highest BCUT2D eigenvalue weighted by molar-refractivity contribution is 8.02. The van der Waals surface area contributed by atoms with Crippen LogP contribution in [0.2, 0.25) is 0 Å². The van der Waals surface area contributed by atoms with Crippen molar-refractivity contribution in [3.8, 4) is 11.8 Å². The third kappa shape index (κ3) is 5.55. The summed E-state index contributed by atoms with van der Waals surface area (Å²) in [6, 6.07) is 4.32. The molecule has 1 amide bonds. The fourth-order valence-corrected chi connectivity index (χ4v) is 4.45. The third-order valence-corrected chi connectivity index (χ3v) is 6.03. The molecule has 5 nitrogen and oxygen atoms in total. The normalized spacial score (nSPS) is 20.9. The first-order valence-electron chi connectivity index (χ1n) is 8.53. The summed E-state index contributed by atoms with van der Waals surface area (Å²) in [4.78, 5) is 28.0. The minimum absolute atomic E-state index is 0.0780. The van der Waals surface area contributed by atoms with Crippen LogP contribution in [-0.2, 0) is 11.3 Å². The summed E-state index contributed by atoms with van der Waals surface area (Å²) < 4.78 is 38.9. The highest BCUT2D eigenvalue weighted by Gasteiger charge is 2.37. The minimum Gasteiger partial charge on any atom is -0.324 e. The summed E-state index contributed by atoms with van der Waals surface area (Å²) in [6.45, 7) is -0.964. The van der Waals surface area contributed by atoms with Gasteiger partial charge in [-0.15, -0.1) is 23.4 Å². The molecule has 3 rings (SSSR count). The van der Waals surface area contributed by atoms with E-state index in [-0.39, 0.29) is 11.6 Å². The standard InChI is InChI=1S/C19H15ClF3N3O2S/c20-17-12(2-1-11-3-5-24-6-4-11)7-15(29-17)18(27)25-13-8-14(21)19(28)26(9-13)10-16(22)23/h3-6,8-9,12,15-17H,7,10H2,(H,25,27). The largest absolute Gasteiger partial charge is 0.324 e. The van der Waals surface area contributed by atoms with Crippen LogP contribution in [0.1, 0.15) is 12.0 Å². The fourth-order valence-electron chi connectivity index (χ4n) is 2.72. The van der Waals surface area contributed by atoms with Crippen LogP contribution >= 0.6 is 23.4 Å². The van der Waals surface area contributed by atoms with Crippen LogP contribution in [0.3, 0.4) is 0 Å². The molecular formula is C19H15ClF3N3O2S. The van der Waals surface area contributed by atoms with Crippen LogP contribution < -0.4 is 10.9 Å². The van der Waals surface area contributed by atoms with E-state index in [0.29, 0.717) is 11.0 Å². The molecule has 0 radical (unpaired) electrons. The number of nitrogens with one attached hydrogen (secondary N) is 1. The summed E-state index contributed by atoms with van der Waals surface area (Å²) in [5.74, 6) is 4.11. The number of nitrogens with zero attached hydrogens (tertiary/aromatic N) is 2. The number of pyridine rings is 2. The molecule has 1 aliphatic heterocycles. The van der Waals surface area contributed by atoms with Gasteiger partial charge in [0.25, 0.3) is 12.0 Å². The maximum Gasteiger partial charge on any atom is 0.286 e. The minimum atomic E-state index is -2.83. The lowest BCUT2D eigenvalue weighted by Gasteiger charge is -2.12. The maximum atomic E-state index is 13.7. The van der Waals surface area contributed by atoms with E-state index in [2.05, 4.69) is 22.1 Å². The molecule has 1 saturated heterocycles. The van der Waals surface area contributed by atoms with Crippen LogP contribution in [0.5, 0.6) is 0 Å². The number of rotatable bonds is 4. The third-order valence-electron chi connectivity index (χ3n) is 4.10. The second kappa shape index (κ2) is 9.37. The van der Waals surface area contributed by atoms with Gasteiger partial charge in [-0.2, -0.15) is 0 Å². The van der Waals surface area contributed by atoms with Crippen LogP contribution in [0, 0.1) is 23.6 Å². The molecule has 0 aromatic carbocycles. The first-order valence-corrected chi connectivity index (χ1v) is 9.91. The molecule has 0 aliphatic carbocycles. The van der Waals surface area contributed by atoms with Gasteiger partial charge in [0.1, 0.15) is 0 Å². The summed E-state index contributed by atoms with van der Waals surface area (Å²) in [5.41, 5.74) is -0.477. The van der Waals surface area contributed by atoms with Gasteiger partial charge in [-0.25, -0.2) is 13.2 Å². The fraction of sp³-hybridized carbons (Fsp3) is 0.316. The Kier molecular flexibility index (Phi) is 6.87. The van der Waals surface area contributed by atoms with Gasteiger partial charge in [0.05, 0.1) is 22.2 Å². The SMILES string of the molecule is O=C(Nc1cc(F)c(=O)n(CC(F)F)c1)C1CC(C#Cc2ccncc2)C(Cl)S1. The molecular weight excluding hydrogens is 427 g/mol. The summed E-state index contributed by atoms with van der Waals surface area (Å²) in [5, 5.41) is 1.91. The maximum absolute atomic E-state index is 13.7. The Balaban J connectivity index is 1.68. The molecule has 0 saturated carbocycles. The molecule has 0 spiro atoms. The van der Waals surface area contributed by atoms with Gasteiger partial charge in [0.2, 0.25) is 5.91 Å². The molecule has 1 fully saturated rings. The van der Waals surface area contributed by atoms with Crippen LogP contribution in [0.15, 0.2) is 41.6 Å². The Labute approximate surface area is 173 Å². The molecule has 0 bridgehead atoms. The molecule has 29 heavy (non-hydrogen) atoms. The van der Waals surface area contributed by atoms with Gasteiger partial charge in [0, 0.05) is 36.1 Å². The first-order chi connectivity index (χ1) is 13.8. The Morgan fingerprint density at radius 2 is 2.14 bits per heavy atom. The highest BCUT2D eigenvalue weighted by atomic mass is 35.5. The highest BCUT2D eigenvalue weighted by Crippen LogP contribution is 2.41. The van der Waals surface area contributed by atoms with E-state index in [1.807, 2.05) is 0 Å². The number of hydrogen-bond acceptors (Lipinski definition) is 4. The molecule has 3 heterocycles. The van der Waals surface area contributed by atoms with Gasteiger partial charge in [0.15, 0.2) is 5.82 Å². The lowest BCUT2D eigenvalue weighted by atomic mass is 10.1. The molecule has 2 aromatic rings. The van der Waals surface area contributed by atoms with Crippen molar-refractivity contribution in [2.45, 2.75) is 29.4 Å². The van der Waals surface area contributed by atoms with Crippen molar-refractivity contribution in [2.75, 3.05) is 5.32 Å². The molecule has 2 aromatic heterocycles. The molecule has 3 unspecified atom stereocenters. The Hall–Kier alpha value is -2.44. The van der Waals surface area contributed by atoms with Gasteiger partial charge in [-0.05, 0) is 18.6 Å². The second-order valence-electron chi connectivity index (χ2n) is 6.24. The number of aromatic nitrogens is 2. The topological polar surface area (TPSA) is 64.0 Å². The van der Waals surface area contributed by atoms with Crippen LogP contribution in [0.25, 0.3) is 0 Å². The number of amides is 1. The Bertz CT molecular complexity index is 1010. The number of anilines is 1. The lowest BCUT2D eigenvalue weighted by molar-refractivity contribution is -0.115.